The fourth-order valence-electron chi connectivity index (χ4n) is 1.50. The highest BCUT2D eigenvalue weighted by molar-refractivity contribution is 9.10. The lowest BCUT2D eigenvalue weighted by atomic mass is 10.1. The first-order valence-corrected chi connectivity index (χ1v) is 7.27. The number of thiophene rings is 1. The van der Waals surface area contributed by atoms with Crippen molar-refractivity contribution in [1.29, 1.82) is 0 Å². The fraction of sp³-hybridized carbons (Fsp3) is 0.500. The van der Waals surface area contributed by atoms with Gasteiger partial charge in [0.15, 0.2) is 0 Å². The van der Waals surface area contributed by atoms with Crippen LogP contribution in [-0.2, 0) is 16.0 Å². The van der Waals surface area contributed by atoms with Crippen molar-refractivity contribution in [2.24, 2.45) is 5.92 Å². The summed E-state index contributed by atoms with van der Waals surface area (Å²) in [5.74, 6) is -1.43. The van der Waals surface area contributed by atoms with E-state index < -0.39 is 11.9 Å². The summed E-state index contributed by atoms with van der Waals surface area (Å²) in [6.45, 7) is 1.85. The lowest BCUT2D eigenvalue weighted by molar-refractivity contribution is -0.142. The van der Waals surface area contributed by atoms with E-state index >= 15 is 0 Å². The summed E-state index contributed by atoms with van der Waals surface area (Å²) in [7, 11) is 1.64. The van der Waals surface area contributed by atoms with Crippen molar-refractivity contribution in [3.8, 4) is 0 Å². The minimum Gasteiger partial charge on any atom is -0.481 e. The summed E-state index contributed by atoms with van der Waals surface area (Å²) in [6.07, 6.45) is 1.11. The van der Waals surface area contributed by atoms with Crippen molar-refractivity contribution >= 4 is 39.1 Å². The Bertz CT molecular complexity index is 433. The molecule has 1 heterocycles. The van der Waals surface area contributed by atoms with E-state index in [0.717, 1.165) is 9.35 Å². The van der Waals surface area contributed by atoms with E-state index in [2.05, 4.69) is 15.9 Å². The zero-order valence-electron chi connectivity index (χ0n) is 10.4. The molecule has 1 aromatic heterocycles. The number of carboxylic acids is 1. The Morgan fingerprint density at radius 2 is 2.22 bits per heavy atom. The van der Waals surface area contributed by atoms with Gasteiger partial charge in [0.05, 0.1) is 5.92 Å². The highest BCUT2D eigenvalue weighted by atomic mass is 79.9. The first-order valence-electron chi connectivity index (χ1n) is 5.60. The van der Waals surface area contributed by atoms with Crippen molar-refractivity contribution in [3.05, 3.63) is 20.8 Å². The molecular weight excluding hydrogens is 318 g/mol. The van der Waals surface area contributed by atoms with Crippen LogP contribution >= 0.6 is 27.3 Å². The van der Waals surface area contributed by atoms with E-state index in [1.807, 2.05) is 11.4 Å². The quantitative estimate of drug-likeness (QED) is 0.870. The SMILES string of the molecule is CC(CN(C)C(=O)CCc1cc(Br)cs1)C(=O)O. The van der Waals surface area contributed by atoms with Gasteiger partial charge in [0.25, 0.3) is 0 Å². The Balaban J connectivity index is 2.38. The van der Waals surface area contributed by atoms with Crippen LogP contribution in [0.5, 0.6) is 0 Å². The van der Waals surface area contributed by atoms with Crippen LogP contribution in [-0.4, -0.2) is 35.5 Å². The molecule has 0 saturated heterocycles. The summed E-state index contributed by atoms with van der Waals surface area (Å²) >= 11 is 4.98. The van der Waals surface area contributed by atoms with Crippen LogP contribution in [0.15, 0.2) is 15.9 Å². The highest BCUT2D eigenvalue weighted by Crippen LogP contribution is 2.21. The maximum absolute atomic E-state index is 11.8. The molecular formula is C12H16BrNO3S. The maximum atomic E-state index is 11.8. The molecule has 1 atom stereocenters. The van der Waals surface area contributed by atoms with Gasteiger partial charge in [0.2, 0.25) is 5.91 Å². The molecule has 0 aliphatic heterocycles. The van der Waals surface area contributed by atoms with Gasteiger partial charge in [-0.05, 0) is 28.4 Å². The lowest BCUT2D eigenvalue weighted by Crippen LogP contribution is -2.33. The van der Waals surface area contributed by atoms with E-state index in [4.69, 9.17) is 5.11 Å². The number of hydrogen-bond acceptors (Lipinski definition) is 3. The van der Waals surface area contributed by atoms with Crippen LogP contribution in [0.3, 0.4) is 0 Å². The predicted octanol–water partition coefficient (Wildman–Crippen LogP) is 2.62. The Kier molecular flexibility index (Phi) is 5.81. The summed E-state index contributed by atoms with van der Waals surface area (Å²) < 4.78 is 1.03. The summed E-state index contributed by atoms with van der Waals surface area (Å²) in [5.41, 5.74) is 0. The fourth-order valence-corrected chi connectivity index (χ4v) is 2.95. The number of aliphatic carboxylic acids is 1. The number of halogens is 1. The molecule has 0 fully saturated rings. The van der Waals surface area contributed by atoms with Crippen LogP contribution < -0.4 is 0 Å². The van der Waals surface area contributed by atoms with Gasteiger partial charge in [-0.15, -0.1) is 11.3 Å². The molecule has 0 aromatic carbocycles. The largest absolute Gasteiger partial charge is 0.481 e. The molecule has 6 heteroatoms. The van der Waals surface area contributed by atoms with Gasteiger partial charge < -0.3 is 10.0 Å². The number of carbonyl (C=O) groups excluding carboxylic acids is 1. The summed E-state index contributed by atoms with van der Waals surface area (Å²) in [6, 6.07) is 2.00. The van der Waals surface area contributed by atoms with Crippen LogP contribution in [0, 0.1) is 5.92 Å². The van der Waals surface area contributed by atoms with Crippen molar-refractivity contribution in [2.45, 2.75) is 19.8 Å². The first-order chi connectivity index (χ1) is 8.40. The molecule has 18 heavy (non-hydrogen) atoms. The molecule has 100 valence electrons. The number of carbonyl (C=O) groups is 2. The van der Waals surface area contributed by atoms with Gasteiger partial charge in [0.1, 0.15) is 0 Å². The van der Waals surface area contributed by atoms with Crippen molar-refractivity contribution in [3.63, 3.8) is 0 Å². The molecule has 0 saturated carbocycles. The van der Waals surface area contributed by atoms with E-state index in [1.54, 1.807) is 25.3 Å². The van der Waals surface area contributed by atoms with Gasteiger partial charge in [-0.3, -0.25) is 9.59 Å². The number of rotatable bonds is 6. The van der Waals surface area contributed by atoms with E-state index in [1.165, 1.54) is 4.90 Å². The number of amides is 1. The number of hydrogen-bond donors (Lipinski definition) is 1. The predicted molar refractivity (Wildman–Crippen MR) is 74.8 cm³/mol. The molecule has 1 N–H and O–H groups in total. The molecule has 1 unspecified atom stereocenters. The third kappa shape index (κ3) is 4.78. The van der Waals surface area contributed by atoms with Crippen molar-refractivity contribution in [1.82, 2.24) is 4.90 Å². The third-order valence-corrected chi connectivity index (χ3v) is 4.36. The number of carboxylic acid groups (broad SMARTS) is 1. The van der Waals surface area contributed by atoms with Gasteiger partial charge in [-0.1, -0.05) is 6.92 Å². The second kappa shape index (κ2) is 6.89. The van der Waals surface area contributed by atoms with Crippen LogP contribution in [0.2, 0.25) is 0 Å². The normalized spacial score (nSPS) is 12.2. The zero-order valence-corrected chi connectivity index (χ0v) is 12.8. The lowest BCUT2D eigenvalue weighted by Gasteiger charge is -2.19. The van der Waals surface area contributed by atoms with Crippen LogP contribution in [0.4, 0.5) is 0 Å². The molecule has 1 amide bonds. The zero-order chi connectivity index (χ0) is 13.7. The average Bonchev–Trinajstić information content (AvgIpc) is 2.71. The molecule has 1 aromatic rings. The van der Waals surface area contributed by atoms with Crippen molar-refractivity contribution < 1.29 is 14.7 Å². The average molecular weight is 334 g/mol. The Morgan fingerprint density at radius 1 is 1.56 bits per heavy atom. The van der Waals surface area contributed by atoms with Crippen LogP contribution in [0.25, 0.3) is 0 Å². The van der Waals surface area contributed by atoms with Gasteiger partial charge >= 0.3 is 5.97 Å². The van der Waals surface area contributed by atoms with Crippen molar-refractivity contribution in [2.75, 3.05) is 13.6 Å². The van der Waals surface area contributed by atoms with E-state index in [9.17, 15) is 9.59 Å². The second-order valence-corrected chi connectivity index (χ2v) is 6.16. The maximum Gasteiger partial charge on any atom is 0.308 e. The second-order valence-electron chi connectivity index (χ2n) is 4.24. The number of nitrogens with zero attached hydrogens (tertiary/aromatic N) is 1. The van der Waals surface area contributed by atoms with Gasteiger partial charge in [-0.2, -0.15) is 0 Å². The minimum absolute atomic E-state index is 0.0207. The summed E-state index contributed by atoms with van der Waals surface area (Å²) in [5, 5.41) is 10.8. The molecule has 0 aliphatic carbocycles. The number of aryl methyl sites for hydroxylation is 1. The van der Waals surface area contributed by atoms with Gasteiger partial charge in [0, 0.05) is 34.7 Å². The third-order valence-electron chi connectivity index (χ3n) is 2.60. The monoisotopic (exact) mass is 333 g/mol. The molecule has 0 bridgehead atoms. The Labute approximate surface area is 119 Å². The Hall–Kier alpha value is -0.880. The van der Waals surface area contributed by atoms with E-state index in [0.29, 0.717) is 12.8 Å². The molecule has 0 spiro atoms. The molecule has 0 radical (unpaired) electrons. The molecule has 1 rings (SSSR count). The summed E-state index contributed by atoms with van der Waals surface area (Å²) in [4.78, 5) is 25.1. The van der Waals surface area contributed by atoms with Crippen LogP contribution in [0.1, 0.15) is 18.2 Å². The smallest absolute Gasteiger partial charge is 0.308 e. The Morgan fingerprint density at radius 3 is 2.72 bits per heavy atom. The standard InChI is InChI=1S/C12H16BrNO3S/c1-8(12(16)17)6-14(2)11(15)4-3-10-5-9(13)7-18-10/h5,7-8H,3-4,6H2,1-2H3,(H,16,17). The minimum atomic E-state index is -0.878. The topological polar surface area (TPSA) is 57.6 Å². The molecule has 0 aliphatic rings. The van der Waals surface area contributed by atoms with E-state index in [-0.39, 0.29) is 12.5 Å². The highest BCUT2D eigenvalue weighted by Gasteiger charge is 2.17. The first kappa shape index (κ1) is 15.2. The molecule has 4 nitrogen and oxygen atoms in total. The van der Waals surface area contributed by atoms with Gasteiger partial charge in [-0.25, -0.2) is 0 Å².